The first-order valence-electron chi connectivity index (χ1n) is 4.15. The molecule has 0 N–H and O–H groups in total. The van der Waals surface area contributed by atoms with Gasteiger partial charge in [-0.15, -0.1) is 11.6 Å². The molecule has 0 spiro atoms. The maximum absolute atomic E-state index is 5.93. The van der Waals surface area contributed by atoms with Gasteiger partial charge in [0.2, 0.25) is 0 Å². The van der Waals surface area contributed by atoms with Gasteiger partial charge in [0.05, 0.1) is 10.9 Å². The lowest BCUT2D eigenvalue weighted by Crippen LogP contribution is -2.30. The van der Waals surface area contributed by atoms with Crippen molar-refractivity contribution in [3.05, 3.63) is 28.2 Å². The Bertz CT molecular complexity index is 323. The monoisotopic (exact) mass is 252 g/mol. The highest BCUT2D eigenvalue weighted by molar-refractivity contribution is 6.34. The molecule has 0 saturated carbocycles. The van der Waals surface area contributed by atoms with Gasteiger partial charge >= 0.3 is 0 Å². The second kappa shape index (κ2) is 4.61. The average Bonchev–Trinajstić information content (AvgIpc) is 2.11. The van der Waals surface area contributed by atoms with Crippen LogP contribution < -0.4 is 4.74 Å². The Morgan fingerprint density at radius 1 is 1.29 bits per heavy atom. The molecule has 1 aromatic carbocycles. The van der Waals surface area contributed by atoms with Crippen molar-refractivity contribution in [2.24, 2.45) is 0 Å². The highest BCUT2D eigenvalue weighted by atomic mass is 35.5. The van der Waals surface area contributed by atoms with E-state index in [2.05, 4.69) is 0 Å². The summed E-state index contributed by atoms with van der Waals surface area (Å²) in [6.45, 7) is 3.77. The smallest absolute Gasteiger partial charge is 0.140 e. The van der Waals surface area contributed by atoms with Crippen molar-refractivity contribution in [1.29, 1.82) is 0 Å². The van der Waals surface area contributed by atoms with Crippen LogP contribution in [0.5, 0.6) is 5.75 Å². The average molecular weight is 254 g/mol. The van der Waals surface area contributed by atoms with E-state index in [0.29, 0.717) is 21.7 Å². The third-order valence-electron chi connectivity index (χ3n) is 1.60. The van der Waals surface area contributed by atoms with E-state index >= 15 is 0 Å². The third kappa shape index (κ3) is 3.23. The van der Waals surface area contributed by atoms with Crippen LogP contribution in [0.4, 0.5) is 0 Å². The molecular formula is C10H11Cl3O. The van der Waals surface area contributed by atoms with Gasteiger partial charge in [-0.3, -0.25) is 0 Å². The molecule has 0 unspecified atom stereocenters. The molecule has 4 heteroatoms. The van der Waals surface area contributed by atoms with Gasteiger partial charge in [-0.05, 0) is 26.0 Å². The number of hydrogen-bond donors (Lipinski definition) is 0. The molecule has 0 aliphatic carbocycles. The van der Waals surface area contributed by atoms with E-state index in [1.807, 2.05) is 13.8 Å². The largest absolute Gasteiger partial charge is 0.485 e. The van der Waals surface area contributed by atoms with Crippen molar-refractivity contribution in [2.75, 3.05) is 5.88 Å². The lowest BCUT2D eigenvalue weighted by Gasteiger charge is -2.24. The van der Waals surface area contributed by atoms with Crippen LogP contribution in [-0.4, -0.2) is 11.5 Å². The molecule has 0 saturated heterocycles. The number of rotatable bonds is 3. The van der Waals surface area contributed by atoms with Crippen LogP contribution in [-0.2, 0) is 0 Å². The molecule has 0 bridgehead atoms. The lowest BCUT2D eigenvalue weighted by atomic mass is 10.2. The summed E-state index contributed by atoms with van der Waals surface area (Å²) in [6, 6.07) is 5.09. The second-order valence-electron chi connectivity index (χ2n) is 3.57. The number of benzene rings is 1. The number of halogens is 3. The van der Waals surface area contributed by atoms with Crippen LogP contribution in [0.15, 0.2) is 18.2 Å². The van der Waals surface area contributed by atoms with Crippen molar-refractivity contribution in [1.82, 2.24) is 0 Å². The Labute approximate surface area is 98.9 Å². The minimum absolute atomic E-state index is 0.385. The standard InChI is InChI=1S/C10H11Cl3O/c1-10(2,6-11)14-9-5-7(12)3-4-8(9)13/h3-5H,6H2,1-2H3. The molecule has 0 amide bonds. The van der Waals surface area contributed by atoms with Crippen LogP contribution in [0.25, 0.3) is 0 Å². The van der Waals surface area contributed by atoms with Gasteiger partial charge in [0, 0.05) is 11.1 Å². The molecule has 78 valence electrons. The summed E-state index contributed by atoms with van der Waals surface area (Å²) in [5, 5.41) is 1.13. The Morgan fingerprint density at radius 3 is 2.50 bits per heavy atom. The quantitative estimate of drug-likeness (QED) is 0.726. The Morgan fingerprint density at radius 2 is 1.93 bits per heavy atom. The minimum atomic E-state index is -0.449. The highest BCUT2D eigenvalue weighted by Crippen LogP contribution is 2.30. The van der Waals surface area contributed by atoms with Crippen molar-refractivity contribution in [3.63, 3.8) is 0 Å². The summed E-state index contributed by atoms with van der Waals surface area (Å²) in [6.07, 6.45) is 0. The van der Waals surface area contributed by atoms with Gasteiger partial charge in [-0.1, -0.05) is 23.2 Å². The fourth-order valence-electron chi connectivity index (χ4n) is 0.880. The van der Waals surface area contributed by atoms with Gasteiger partial charge < -0.3 is 4.74 Å². The molecule has 0 fully saturated rings. The van der Waals surface area contributed by atoms with Gasteiger partial charge in [0.1, 0.15) is 11.4 Å². The molecule has 0 aromatic heterocycles. The zero-order chi connectivity index (χ0) is 10.8. The van der Waals surface area contributed by atoms with E-state index in [0.717, 1.165) is 0 Å². The van der Waals surface area contributed by atoms with Crippen LogP contribution >= 0.6 is 34.8 Å². The fraction of sp³-hybridized carbons (Fsp3) is 0.400. The Hall–Kier alpha value is -0.110. The number of ether oxygens (including phenoxy) is 1. The number of alkyl halides is 1. The van der Waals surface area contributed by atoms with Gasteiger partial charge in [-0.25, -0.2) is 0 Å². The molecule has 0 radical (unpaired) electrons. The minimum Gasteiger partial charge on any atom is -0.485 e. The van der Waals surface area contributed by atoms with Crippen molar-refractivity contribution in [2.45, 2.75) is 19.4 Å². The SMILES string of the molecule is CC(C)(CCl)Oc1cc(Cl)ccc1Cl. The van der Waals surface area contributed by atoms with Gasteiger partial charge in [-0.2, -0.15) is 0 Å². The summed E-state index contributed by atoms with van der Waals surface area (Å²) in [5.74, 6) is 0.945. The Kier molecular flexibility index (Phi) is 3.94. The van der Waals surface area contributed by atoms with E-state index in [9.17, 15) is 0 Å². The molecule has 1 aromatic rings. The van der Waals surface area contributed by atoms with Crippen molar-refractivity contribution in [3.8, 4) is 5.75 Å². The summed E-state index contributed by atoms with van der Waals surface area (Å²) in [7, 11) is 0. The predicted octanol–water partition coefficient (Wildman–Crippen LogP) is 4.39. The van der Waals surface area contributed by atoms with Crippen LogP contribution in [0.2, 0.25) is 10.0 Å². The molecule has 1 nitrogen and oxygen atoms in total. The van der Waals surface area contributed by atoms with Gasteiger partial charge in [0.15, 0.2) is 0 Å². The molecule has 0 aliphatic heterocycles. The van der Waals surface area contributed by atoms with E-state index in [1.54, 1.807) is 18.2 Å². The van der Waals surface area contributed by atoms with Crippen molar-refractivity contribution >= 4 is 34.8 Å². The normalized spacial score (nSPS) is 11.5. The highest BCUT2D eigenvalue weighted by Gasteiger charge is 2.19. The maximum Gasteiger partial charge on any atom is 0.140 e. The summed E-state index contributed by atoms with van der Waals surface area (Å²) < 4.78 is 5.61. The molecule has 1 rings (SSSR count). The Balaban J connectivity index is 2.91. The molecule has 0 aliphatic rings. The summed E-state index contributed by atoms with van der Waals surface area (Å²) >= 11 is 17.5. The lowest BCUT2D eigenvalue weighted by molar-refractivity contribution is 0.134. The molecule has 0 heterocycles. The van der Waals surface area contributed by atoms with Crippen molar-refractivity contribution < 1.29 is 4.74 Å². The number of hydrogen-bond acceptors (Lipinski definition) is 1. The first kappa shape index (κ1) is 12.0. The van der Waals surface area contributed by atoms with E-state index in [-0.39, 0.29) is 0 Å². The summed E-state index contributed by atoms with van der Waals surface area (Å²) in [5.41, 5.74) is -0.449. The van der Waals surface area contributed by atoms with Gasteiger partial charge in [0.25, 0.3) is 0 Å². The molecule has 0 atom stereocenters. The maximum atomic E-state index is 5.93. The summed E-state index contributed by atoms with van der Waals surface area (Å²) in [4.78, 5) is 0. The second-order valence-corrected chi connectivity index (χ2v) is 4.68. The van der Waals surface area contributed by atoms with E-state index < -0.39 is 5.60 Å². The first-order valence-corrected chi connectivity index (χ1v) is 5.44. The predicted molar refractivity (Wildman–Crippen MR) is 61.9 cm³/mol. The fourth-order valence-corrected chi connectivity index (χ4v) is 1.25. The van der Waals surface area contributed by atoms with E-state index in [1.165, 1.54) is 0 Å². The molecular weight excluding hydrogens is 242 g/mol. The van der Waals surface area contributed by atoms with Crippen LogP contribution in [0.1, 0.15) is 13.8 Å². The van der Waals surface area contributed by atoms with E-state index in [4.69, 9.17) is 39.5 Å². The molecule has 14 heavy (non-hydrogen) atoms. The van der Waals surface area contributed by atoms with Crippen LogP contribution in [0, 0.1) is 0 Å². The zero-order valence-corrected chi connectivity index (χ0v) is 10.2. The zero-order valence-electron chi connectivity index (χ0n) is 7.98. The topological polar surface area (TPSA) is 9.23 Å². The van der Waals surface area contributed by atoms with Crippen LogP contribution in [0.3, 0.4) is 0 Å². The first-order chi connectivity index (χ1) is 6.44. The third-order valence-corrected chi connectivity index (χ3v) is 2.79.